The van der Waals surface area contributed by atoms with Crippen molar-refractivity contribution < 1.29 is 4.79 Å². The molecule has 1 amide bonds. The van der Waals surface area contributed by atoms with Crippen LogP contribution in [-0.2, 0) is 11.3 Å². The topological polar surface area (TPSA) is 59.8 Å². The molecule has 1 atom stereocenters. The zero-order chi connectivity index (χ0) is 18.1. The second kappa shape index (κ2) is 6.75. The summed E-state index contributed by atoms with van der Waals surface area (Å²) < 4.78 is 2.11. The van der Waals surface area contributed by atoms with E-state index in [1.54, 1.807) is 0 Å². The number of carbonyl (C=O) groups excluding carboxylic acids is 1. The Kier molecular flexibility index (Phi) is 4.29. The molecule has 1 N–H and O–H groups in total. The molecule has 132 valence electrons. The first-order valence-corrected chi connectivity index (χ1v) is 9.10. The SMILES string of the molecule is CCC(C)NC(=O)CCn1c2ccccc2c2nc3ccccc3nc21. The average molecular weight is 346 g/mol. The largest absolute Gasteiger partial charge is 0.354 e. The summed E-state index contributed by atoms with van der Waals surface area (Å²) in [5, 5.41) is 4.10. The number of hydrogen-bond donors (Lipinski definition) is 1. The number of nitrogens with one attached hydrogen (secondary N) is 1. The number of nitrogens with zero attached hydrogens (tertiary/aromatic N) is 3. The van der Waals surface area contributed by atoms with Crippen molar-refractivity contribution in [2.75, 3.05) is 0 Å². The van der Waals surface area contributed by atoms with E-state index in [0.29, 0.717) is 13.0 Å². The van der Waals surface area contributed by atoms with Gasteiger partial charge in [-0.05, 0) is 31.5 Å². The molecule has 0 saturated carbocycles. The molecule has 0 aliphatic carbocycles. The third-order valence-electron chi connectivity index (χ3n) is 4.84. The first-order chi connectivity index (χ1) is 12.7. The first kappa shape index (κ1) is 16.5. The van der Waals surface area contributed by atoms with Crippen LogP contribution in [-0.4, -0.2) is 26.5 Å². The van der Waals surface area contributed by atoms with Gasteiger partial charge in [-0.25, -0.2) is 9.97 Å². The number of aryl methyl sites for hydroxylation is 1. The lowest BCUT2D eigenvalue weighted by molar-refractivity contribution is -0.121. The van der Waals surface area contributed by atoms with Gasteiger partial charge in [-0.3, -0.25) is 4.79 Å². The van der Waals surface area contributed by atoms with Gasteiger partial charge in [-0.2, -0.15) is 0 Å². The Bertz CT molecular complexity index is 1100. The standard InChI is InChI=1S/C21H22N4O/c1-3-14(2)22-19(26)12-13-25-18-11-7-4-8-15(18)20-21(25)24-17-10-6-5-9-16(17)23-20/h4-11,14H,3,12-13H2,1-2H3,(H,22,26). The van der Waals surface area contributed by atoms with Gasteiger partial charge in [0.25, 0.3) is 0 Å². The van der Waals surface area contributed by atoms with Gasteiger partial charge in [-0.1, -0.05) is 37.3 Å². The predicted octanol–water partition coefficient (Wildman–Crippen LogP) is 4.04. The van der Waals surface area contributed by atoms with Crippen LogP contribution in [0.5, 0.6) is 0 Å². The summed E-state index contributed by atoms with van der Waals surface area (Å²) in [6.45, 7) is 4.67. The normalized spacial score (nSPS) is 12.7. The van der Waals surface area contributed by atoms with Gasteiger partial charge < -0.3 is 9.88 Å². The highest BCUT2D eigenvalue weighted by Gasteiger charge is 2.15. The fourth-order valence-corrected chi connectivity index (χ4v) is 3.27. The van der Waals surface area contributed by atoms with Crippen LogP contribution in [0, 0.1) is 0 Å². The van der Waals surface area contributed by atoms with E-state index in [-0.39, 0.29) is 11.9 Å². The van der Waals surface area contributed by atoms with E-state index in [9.17, 15) is 4.79 Å². The summed E-state index contributed by atoms with van der Waals surface area (Å²) in [4.78, 5) is 21.9. The van der Waals surface area contributed by atoms with Gasteiger partial charge in [0.15, 0.2) is 5.65 Å². The van der Waals surface area contributed by atoms with Crippen molar-refractivity contribution in [2.45, 2.75) is 39.3 Å². The number of para-hydroxylation sites is 3. The number of amides is 1. The maximum atomic E-state index is 12.2. The highest BCUT2D eigenvalue weighted by Crippen LogP contribution is 2.28. The van der Waals surface area contributed by atoms with Crippen LogP contribution in [0.15, 0.2) is 48.5 Å². The van der Waals surface area contributed by atoms with Gasteiger partial charge in [0.2, 0.25) is 5.91 Å². The Morgan fingerprint density at radius 1 is 1.08 bits per heavy atom. The molecule has 4 rings (SSSR count). The maximum absolute atomic E-state index is 12.2. The van der Waals surface area contributed by atoms with E-state index in [1.165, 1.54) is 0 Å². The lowest BCUT2D eigenvalue weighted by Crippen LogP contribution is -2.32. The van der Waals surface area contributed by atoms with Crippen molar-refractivity contribution >= 4 is 39.0 Å². The number of benzene rings is 2. The number of carbonyl (C=O) groups is 1. The lowest BCUT2D eigenvalue weighted by atomic mass is 10.2. The maximum Gasteiger partial charge on any atom is 0.222 e. The van der Waals surface area contributed by atoms with Crippen molar-refractivity contribution in [2.24, 2.45) is 0 Å². The zero-order valence-electron chi connectivity index (χ0n) is 15.1. The van der Waals surface area contributed by atoms with Gasteiger partial charge in [-0.15, -0.1) is 0 Å². The second-order valence-electron chi connectivity index (χ2n) is 6.68. The number of hydrogen-bond acceptors (Lipinski definition) is 3. The van der Waals surface area contributed by atoms with E-state index in [4.69, 9.17) is 9.97 Å². The molecular formula is C21H22N4O. The average Bonchev–Trinajstić information content (AvgIpc) is 2.97. The van der Waals surface area contributed by atoms with Crippen molar-refractivity contribution in [3.63, 3.8) is 0 Å². The molecule has 0 saturated heterocycles. The van der Waals surface area contributed by atoms with Crippen LogP contribution >= 0.6 is 0 Å². The Hall–Kier alpha value is -2.95. The van der Waals surface area contributed by atoms with E-state index in [1.807, 2.05) is 43.3 Å². The molecule has 2 aromatic carbocycles. The Labute approximate surface area is 152 Å². The predicted molar refractivity (Wildman–Crippen MR) is 105 cm³/mol. The molecule has 4 aromatic rings. The molecule has 2 aromatic heterocycles. The van der Waals surface area contributed by atoms with Crippen molar-refractivity contribution in [1.82, 2.24) is 19.9 Å². The summed E-state index contributed by atoms with van der Waals surface area (Å²) >= 11 is 0. The highest BCUT2D eigenvalue weighted by molar-refractivity contribution is 6.06. The van der Waals surface area contributed by atoms with Gasteiger partial charge in [0.1, 0.15) is 5.52 Å². The first-order valence-electron chi connectivity index (χ1n) is 9.10. The third kappa shape index (κ3) is 2.90. The molecule has 2 heterocycles. The van der Waals surface area contributed by atoms with Crippen LogP contribution in [0.25, 0.3) is 33.1 Å². The Morgan fingerprint density at radius 3 is 2.54 bits per heavy atom. The smallest absolute Gasteiger partial charge is 0.222 e. The minimum Gasteiger partial charge on any atom is -0.354 e. The van der Waals surface area contributed by atoms with Crippen LogP contribution in [0.4, 0.5) is 0 Å². The summed E-state index contributed by atoms with van der Waals surface area (Å²) in [6, 6.07) is 16.2. The molecule has 0 fully saturated rings. The van der Waals surface area contributed by atoms with Gasteiger partial charge in [0, 0.05) is 24.4 Å². The molecule has 0 bridgehead atoms. The molecule has 26 heavy (non-hydrogen) atoms. The van der Waals surface area contributed by atoms with Gasteiger partial charge >= 0.3 is 0 Å². The minimum absolute atomic E-state index is 0.0685. The minimum atomic E-state index is 0.0685. The highest BCUT2D eigenvalue weighted by atomic mass is 16.1. The number of rotatable bonds is 5. The van der Waals surface area contributed by atoms with Gasteiger partial charge in [0.05, 0.1) is 16.6 Å². The monoisotopic (exact) mass is 346 g/mol. The fraction of sp³-hybridized carbons (Fsp3) is 0.286. The van der Waals surface area contributed by atoms with Crippen molar-refractivity contribution in [3.8, 4) is 0 Å². The summed E-state index contributed by atoms with van der Waals surface area (Å²) in [7, 11) is 0. The van der Waals surface area contributed by atoms with E-state index < -0.39 is 0 Å². The molecule has 0 aliphatic rings. The summed E-state index contributed by atoms with van der Waals surface area (Å²) in [5.74, 6) is 0.0685. The molecule has 0 spiro atoms. The number of fused-ring (bicyclic) bond motifs is 4. The van der Waals surface area contributed by atoms with Crippen molar-refractivity contribution in [3.05, 3.63) is 48.5 Å². The van der Waals surface area contributed by atoms with E-state index in [2.05, 4.69) is 28.9 Å². The molecule has 0 radical (unpaired) electrons. The van der Waals surface area contributed by atoms with Crippen LogP contribution in [0.2, 0.25) is 0 Å². The summed E-state index contributed by atoms with van der Waals surface area (Å²) in [5.41, 5.74) is 4.54. The zero-order valence-corrected chi connectivity index (χ0v) is 15.1. The molecule has 5 heteroatoms. The third-order valence-corrected chi connectivity index (χ3v) is 4.84. The quantitative estimate of drug-likeness (QED) is 0.593. The van der Waals surface area contributed by atoms with Crippen LogP contribution < -0.4 is 5.32 Å². The van der Waals surface area contributed by atoms with Crippen LogP contribution in [0.1, 0.15) is 26.7 Å². The molecule has 5 nitrogen and oxygen atoms in total. The lowest BCUT2D eigenvalue weighted by Gasteiger charge is -2.12. The van der Waals surface area contributed by atoms with E-state index in [0.717, 1.165) is 39.5 Å². The Balaban J connectivity index is 1.79. The Morgan fingerprint density at radius 2 is 1.77 bits per heavy atom. The molecular weight excluding hydrogens is 324 g/mol. The second-order valence-corrected chi connectivity index (χ2v) is 6.68. The molecule has 0 aliphatic heterocycles. The molecule has 1 unspecified atom stereocenters. The number of aromatic nitrogens is 3. The van der Waals surface area contributed by atoms with Crippen LogP contribution in [0.3, 0.4) is 0 Å². The fourth-order valence-electron chi connectivity index (χ4n) is 3.27. The van der Waals surface area contributed by atoms with E-state index >= 15 is 0 Å². The summed E-state index contributed by atoms with van der Waals surface area (Å²) in [6.07, 6.45) is 1.35. The van der Waals surface area contributed by atoms with Crippen molar-refractivity contribution in [1.29, 1.82) is 0 Å².